The van der Waals surface area contributed by atoms with Crippen LogP contribution in [0.4, 0.5) is 0 Å². The van der Waals surface area contributed by atoms with E-state index in [1.165, 1.54) is 38.5 Å². The molecule has 146 valence electrons. The van der Waals surface area contributed by atoms with Crippen LogP contribution in [0.2, 0.25) is 0 Å². The highest BCUT2D eigenvalue weighted by molar-refractivity contribution is 9.10. The van der Waals surface area contributed by atoms with Crippen molar-refractivity contribution in [1.29, 1.82) is 0 Å². The molecular formula is C15H15BrN2O7S2. The molecule has 0 saturated carbocycles. The molecular weight excluding hydrogens is 464 g/mol. The van der Waals surface area contributed by atoms with Gasteiger partial charge in [0.15, 0.2) is 0 Å². The van der Waals surface area contributed by atoms with Gasteiger partial charge in [-0.3, -0.25) is 4.79 Å². The summed E-state index contributed by atoms with van der Waals surface area (Å²) in [4.78, 5) is 11.2. The summed E-state index contributed by atoms with van der Waals surface area (Å²) in [7, 11) is -6.12. The minimum Gasteiger partial charge on any atom is -0.495 e. The maximum absolute atomic E-state index is 12.5. The Hall–Kier alpha value is -2.15. The van der Waals surface area contributed by atoms with Crippen molar-refractivity contribution in [3.63, 3.8) is 0 Å². The molecule has 0 aliphatic heterocycles. The topological polar surface area (TPSA) is 142 Å². The minimum absolute atomic E-state index is 0.0800. The quantitative estimate of drug-likeness (QED) is 0.635. The number of sulfonamides is 2. The fourth-order valence-electron chi connectivity index (χ4n) is 2.14. The van der Waals surface area contributed by atoms with Crippen LogP contribution in [-0.2, 0) is 20.0 Å². The number of carbonyl (C=O) groups is 1. The smallest absolute Gasteiger partial charge is 0.265 e. The van der Waals surface area contributed by atoms with Gasteiger partial charge in [0.2, 0.25) is 10.0 Å². The molecule has 0 heterocycles. The molecule has 0 fully saturated rings. The normalized spacial score (nSPS) is 11.7. The van der Waals surface area contributed by atoms with Crippen LogP contribution in [0.1, 0.15) is 10.4 Å². The Morgan fingerprint density at radius 3 is 1.93 bits per heavy atom. The largest absolute Gasteiger partial charge is 0.495 e. The van der Waals surface area contributed by atoms with Gasteiger partial charge in [0.05, 0.1) is 14.2 Å². The van der Waals surface area contributed by atoms with Crippen molar-refractivity contribution >= 4 is 41.9 Å². The highest BCUT2D eigenvalue weighted by atomic mass is 79.9. The first-order chi connectivity index (χ1) is 12.5. The predicted octanol–water partition coefficient (Wildman–Crippen LogP) is 1.23. The first-order valence-electron chi connectivity index (χ1n) is 7.11. The maximum atomic E-state index is 12.5. The molecule has 1 amide bonds. The van der Waals surface area contributed by atoms with E-state index in [-0.39, 0.29) is 17.1 Å². The van der Waals surface area contributed by atoms with Gasteiger partial charge in [0, 0.05) is 5.56 Å². The van der Waals surface area contributed by atoms with Gasteiger partial charge >= 0.3 is 0 Å². The lowest BCUT2D eigenvalue weighted by Crippen LogP contribution is -2.32. The van der Waals surface area contributed by atoms with Crippen LogP contribution in [-0.4, -0.2) is 37.0 Å². The molecule has 0 aromatic heterocycles. The lowest BCUT2D eigenvalue weighted by molar-refractivity contribution is 0.0980. The Bertz CT molecular complexity index is 1070. The molecule has 9 nitrogen and oxygen atoms in total. The maximum Gasteiger partial charge on any atom is 0.265 e. The molecule has 0 bridgehead atoms. The summed E-state index contributed by atoms with van der Waals surface area (Å²) in [5.74, 6) is -0.535. The number of carbonyl (C=O) groups excluding carboxylic acids is 1. The van der Waals surface area contributed by atoms with Gasteiger partial charge in [-0.05, 0) is 40.2 Å². The average molecular weight is 479 g/mol. The van der Waals surface area contributed by atoms with Gasteiger partial charge in [-0.15, -0.1) is 0 Å². The third-order valence-corrected chi connectivity index (χ3v) is 6.65. The lowest BCUT2D eigenvalue weighted by atomic mass is 10.2. The van der Waals surface area contributed by atoms with Crippen LogP contribution >= 0.6 is 15.9 Å². The molecule has 2 aromatic rings. The molecule has 0 spiro atoms. The molecule has 3 N–H and O–H groups in total. The Labute approximate surface area is 164 Å². The molecule has 2 rings (SSSR count). The van der Waals surface area contributed by atoms with Gasteiger partial charge < -0.3 is 9.47 Å². The molecule has 2 aromatic carbocycles. The number of rotatable bonds is 6. The number of hydrogen-bond acceptors (Lipinski definition) is 7. The van der Waals surface area contributed by atoms with E-state index >= 15 is 0 Å². The second-order valence-corrected chi connectivity index (χ2v) is 9.09. The third kappa shape index (κ3) is 4.58. The Kier molecular flexibility index (Phi) is 6.14. The van der Waals surface area contributed by atoms with Crippen molar-refractivity contribution in [2.45, 2.75) is 9.79 Å². The number of ether oxygens (including phenoxy) is 2. The van der Waals surface area contributed by atoms with Gasteiger partial charge in [0.25, 0.3) is 15.9 Å². The van der Waals surface area contributed by atoms with Gasteiger partial charge in [-0.1, -0.05) is 12.1 Å². The highest BCUT2D eigenvalue weighted by Gasteiger charge is 2.27. The summed E-state index contributed by atoms with van der Waals surface area (Å²) in [5, 5.41) is 5.05. The van der Waals surface area contributed by atoms with Gasteiger partial charge in [-0.25, -0.2) is 26.7 Å². The Balaban J connectivity index is 2.47. The van der Waals surface area contributed by atoms with E-state index in [0.717, 1.165) is 12.1 Å². The van der Waals surface area contributed by atoms with E-state index in [9.17, 15) is 21.6 Å². The van der Waals surface area contributed by atoms with Crippen molar-refractivity contribution < 1.29 is 31.1 Å². The van der Waals surface area contributed by atoms with Crippen LogP contribution in [0.5, 0.6) is 11.5 Å². The van der Waals surface area contributed by atoms with E-state index in [1.807, 2.05) is 4.72 Å². The second kappa shape index (κ2) is 7.84. The summed E-state index contributed by atoms with van der Waals surface area (Å²) >= 11 is 3.23. The van der Waals surface area contributed by atoms with Crippen molar-refractivity contribution in [3.8, 4) is 11.5 Å². The zero-order valence-corrected chi connectivity index (χ0v) is 17.3. The molecule has 0 radical (unpaired) electrons. The van der Waals surface area contributed by atoms with Gasteiger partial charge in [-0.2, -0.15) is 0 Å². The molecule has 0 aliphatic rings. The number of methoxy groups -OCH3 is 2. The van der Waals surface area contributed by atoms with Crippen molar-refractivity contribution in [1.82, 2.24) is 4.72 Å². The summed E-state index contributed by atoms with van der Waals surface area (Å²) < 4.78 is 60.8. The summed E-state index contributed by atoms with van der Waals surface area (Å²) in [6.07, 6.45) is 0. The number of amides is 1. The number of nitrogens with one attached hydrogen (secondary N) is 1. The third-order valence-electron chi connectivity index (χ3n) is 3.38. The van der Waals surface area contributed by atoms with Crippen LogP contribution < -0.4 is 19.3 Å². The zero-order chi connectivity index (χ0) is 20.4. The second-order valence-electron chi connectivity index (χ2n) is 5.12. The number of hydrogen-bond donors (Lipinski definition) is 2. The van der Waals surface area contributed by atoms with Crippen molar-refractivity contribution in [2.75, 3.05) is 14.2 Å². The van der Waals surface area contributed by atoms with Crippen LogP contribution in [0, 0.1) is 0 Å². The highest BCUT2D eigenvalue weighted by Crippen LogP contribution is 2.35. The lowest BCUT2D eigenvalue weighted by Gasteiger charge is -2.13. The fraction of sp³-hybridized carbons (Fsp3) is 0.133. The summed E-state index contributed by atoms with van der Waals surface area (Å²) in [6.45, 7) is 0. The molecule has 0 unspecified atom stereocenters. The van der Waals surface area contributed by atoms with Crippen LogP contribution in [0.15, 0.2) is 50.7 Å². The fourth-order valence-corrected chi connectivity index (χ4v) is 5.05. The number of benzene rings is 2. The standard InChI is InChI=1S/C15H15BrN2O7S2/c1-24-10-7-9(8-11(25-2)14(10)16)15(19)18-27(22,23)13-6-4-3-5-12(13)26(17,20)21/h3-8H,1-2H3,(H,18,19)(H2,17,20,21). The monoisotopic (exact) mass is 478 g/mol. The zero-order valence-electron chi connectivity index (χ0n) is 14.1. The molecule has 0 atom stereocenters. The first-order valence-corrected chi connectivity index (χ1v) is 10.9. The predicted molar refractivity (Wildman–Crippen MR) is 99.7 cm³/mol. The first kappa shape index (κ1) is 21.2. The van der Waals surface area contributed by atoms with Gasteiger partial charge in [0.1, 0.15) is 25.8 Å². The van der Waals surface area contributed by atoms with E-state index in [2.05, 4.69) is 15.9 Å². The summed E-state index contributed by atoms with van der Waals surface area (Å²) in [5.41, 5.74) is -0.0800. The van der Waals surface area contributed by atoms with Crippen molar-refractivity contribution in [2.24, 2.45) is 5.14 Å². The number of nitrogens with two attached hydrogens (primary N) is 1. The molecule has 27 heavy (non-hydrogen) atoms. The van der Waals surface area contributed by atoms with Crippen LogP contribution in [0.3, 0.4) is 0 Å². The number of halogens is 1. The SMILES string of the molecule is COc1cc(C(=O)NS(=O)(=O)c2ccccc2S(N)(=O)=O)cc(OC)c1Br. The Morgan fingerprint density at radius 2 is 1.48 bits per heavy atom. The Morgan fingerprint density at radius 1 is 1.00 bits per heavy atom. The van der Waals surface area contributed by atoms with Crippen LogP contribution in [0.25, 0.3) is 0 Å². The minimum atomic E-state index is -4.52. The van der Waals surface area contributed by atoms with E-state index in [4.69, 9.17) is 14.6 Å². The average Bonchev–Trinajstić information content (AvgIpc) is 2.60. The number of primary sulfonamides is 1. The summed E-state index contributed by atoms with van der Waals surface area (Å²) in [6, 6.07) is 7.26. The van der Waals surface area contributed by atoms with E-state index < -0.39 is 35.7 Å². The van der Waals surface area contributed by atoms with E-state index in [0.29, 0.717) is 4.47 Å². The molecule has 0 saturated heterocycles. The van der Waals surface area contributed by atoms with Crippen molar-refractivity contribution in [3.05, 3.63) is 46.4 Å². The molecule has 12 heteroatoms. The molecule has 0 aliphatic carbocycles. The van der Waals surface area contributed by atoms with E-state index in [1.54, 1.807) is 0 Å².